The molecule has 3 amide bonds. The highest BCUT2D eigenvalue weighted by atomic mass is 35.5. The predicted octanol–water partition coefficient (Wildman–Crippen LogP) is 4.00. The van der Waals surface area contributed by atoms with Crippen LogP contribution in [0.4, 0.5) is 10.5 Å². The van der Waals surface area contributed by atoms with Crippen molar-refractivity contribution < 1.29 is 14.3 Å². The lowest BCUT2D eigenvalue weighted by atomic mass is 10.1. The Morgan fingerprint density at radius 2 is 1.77 bits per heavy atom. The van der Waals surface area contributed by atoms with Gasteiger partial charge in [0.15, 0.2) is 0 Å². The standard InChI is InChI=1S/C22H26ClN3O3S/c1-25(10-13-29-20-8-4-18(23)5-9-20)22(28)24-19-6-2-17(3-7-19)16-21(27)26-11-14-30-15-12-26/h2-9H,10-16H2,1H3,(H,24,28). The number of amides is 3. The highest BCUT2D eigenvalue weighted by Gasteiger charge is 2.17. The number of hydrogen-bond acceptors (Lipinski definition) is 4. The molecular weight excluding hydrogens is 422 g/mol. The third-order valence-corrected chi connectivity index (χ3v) is 5.97. The fourth-order valence-electron chi connectivity index (χ4n) is 2.96. The molecule has 1 aliphatic heterocycles. The van der Waals surface area contributed by atoms with E-state index in [1.54, 1.807) is 36.2 Å². The summed E-state index contributed by atoms with van der Waals surface area (Å²) in [5.41, 5.74) is 1.64. The van der Waals surface area contributed by atoms with Crippen molar-refractivity contribution in [3.8, 4) is 5.75 Å². The topological polar surface area (TPSA) is 61.9 Å². The molecule has 0 aromatic heterocycles. The Labute approximate surface area is 186 Å². The highest BCUT2D eigenvalue weighted by Crippen LogP contribution is 2.16. The summed E-state index contributed by atoms with van der Waals surface area (Å²) in [5.74, 6) is 2.89. The third kappa shape index (κ3) is 6.85. The SMILES string of the molecule is CN(CCOc1ccc(Cl)cc1)C(=O)Nc1ccc(CC(=O)N2CCSCC2)cc1. The second-order valence-electron chi connectivity index (χ2n) is 7.02. The molecule has 8 heteroatoms. The number of nitrogens with zero attached hydrogens (tertiary/aromatic N) is 2. The normalized spacial score (nSPS) is 13.6. The number of benzene rings is 2. The molecule has 1 N–H and O–H groups in total. The van der Waals surface area contributed by atoms with Crippen LogP contribution in [0.3, 0.4) is 0 Å². The number of ether oxygens (including phenoxy) is 1. The molecule has 0 spiro atoms. The van der Waals surface area contributed by atoms with Crippen molar-refractivity contribution in [3.05, 3.63) is 59.1 Å². The zero-order valence-corrected chi connectivity index (χ0v) is 18.5. The smallest absolute Gasteiger partial charge is 0.321 e. The Balaban J connectivity index is 1.41. The Morgan fingerprint density at radius 3 is 2.43 bits per heavy atom. The molecule has 2 aromatic rings. The number of anilines is 1. The minimum Gasteiger partial charge on any atom is -0.492 e. The number of urea groups is 1. The molecule has 160 valence electrons. The van der Waals surface area contributed by atoms with E-state index in [0.29, 0.717) is 36.0 Å². The van der Waals surface area contributed by atoms with Gasteiger partial charge >= 0.3 is 6.03 Å². The fraction of sp³-hybridized carbons (Fsp3) is 0.364. The Morgan fingerprint density at radius 1 is 1.10 bits per heavy atom. The molecule has 6 nitrogen and oxygen atoms in total. The van der Waals surface area contributed by atoms with Gasteiger partial charge in [0.05, 0.1) is 13.0 Å². The van der Waals surface area contributed by atoms with Crippen LogP contribution in [0.1, 0.15) is 5.56 Å². The fourth-order valence-corrected chi connectivity index (χ4v) is 3.99. The minimum absolute atomic E-state index is 0.160. The molecule has 1 aliphatic rings. The number of carbonyl (C=O) groups is 2. The first-order chi connectivity index (χ1) is 14.5. The second-order valence-corrected chi connectivity index (χ2v) is 8.68. The van der Waals surface area contributed by atoms with Gasteiger partial charge in [-0.2, -0.15) is 11.8 Å². The average Bonchev–Trinajstić information content (AvgIpc) is 2.77. The lowest BCUT2D eigenvalue weighted by molar-refractivity contribution is -0.130. The molecule has 0 radical (unpaired) electrons. The van der Waals surface area contributed by atoms with Crippen molar-refractivity contribution in [2.45, 2.75) is 6.42 Å². The van der Waals surface area contributed by atoms with Crippen LogP contribution in [0, 0.1) is 0 Å². The lowest BCUT2D eigenvalue weighted by Crippen LogP contribution is -2.38. The maximum absolute atomic E-state index is 12.4. The molecule has 0 unspecified atom stereocenters. The van der Waals surface area contributed by atoms with Gasteiger partial charge in [0.25, 0.3) is 0 Å². The molecule has 0 saturated carbocycles. The van der Waals surface area contributed by atoms with Crippen LogP contribution in [-0.4, -0.2) is 66.5 Å². The summed E-state index contributed by atoms with van der Waals surface area (Å²) in [4.78, 5) is 28.2. The number of likely N-dealkylation sites (N-methyl/N-ethyl adjacent to an activating group) is 1. The van der Waals surface area contributed by atoms with Crippen LogP contribution in [0.2, 0.25) is 5.02 Å². The Hall–Kier alpha value is -2.38. The molecule has 0 atom stereocenters. The first-order valence-corrected chi connectivity index (χ1v) is 11.4. The van der Waals surface area contributed by atoms with E-state index >= 15 is 0 Å². The van der Waals surface area contributed by atoms with Crippen molar-refractivity contribution in [2.24, 2.45) is 0 Å². The highest BCUT2D eigenvalue weighted by molar-refractivity contribution is 7.99. The number of hydrogen-bond donors (Lipinski definition) is 1. The van der Waals surface area contributed by atoms with Gasteiger partial charge in [0.2, 0.25) is 5.91 Å². The van der Waals surface area contributed by atoms with E-state index in [2.05, 4.69) is 5.32 Å². The van der Waals surface area contributed by atoms with Gasteiger partial charge in [-0.1, -0.05) is 23.7 Å². The number of thioether (sulfide) groups is 1. The number of nitrogens with one attached hydrogen (secondary N) is 1. The summed E-state index contributed by atoms with van der Waals surface area (Å²) in [6.45, 7) is 2.47. The van der Waals surface area contributed by atoms with E-state index in [0.717, 1.165) is 30.2 Å². The lowest BCUT2D eigenvalue weighted by Gasteiger charge is -2.26. The predicted molar refractivity (Wildman–Crippen MR) is 123 cm³/mol. The summed E-state index contributed by atoms with van der Waals surface area (Å²) in [5, 5.41) is 3.51. The second kappa shape index (κ2) is 11.1. The van der Waals surface area contributed by atoms with Crippen LogP contribution in [-0.2, 0) is 11.2 Å². The van der Waals surface area contributed by atoms with Crippen molar-refractivity contribution in [1.29, 1.82) is 0 Å². The molecular formula is C22H26ClN3O3S. The molecule has 1 saturated heterocycles. The van der Waals surface area contributed by atoms with Gasteiger partial charge in [-0.05, 0) is 42.0 Å². The van der Waals surface area contributed by atoms with Crippen molar-refractivity contribution in [2.75, 3.05) is 50.1 Å². The monoisotopic (exact) mass is 447 g/mol. The van der Waals surface area contributed by atoms with E-state index in [4.69, 9.17) is 16.3 Å². The van der Waals surface area contributed by atoms with E-state index in [1.807, 2.05) is 40.9 Å². The van der Waals surface area contributed by atoms with E-state index in [-0.39, 0.29) is 11.9 Å². The van der Waals surface area contributed by atoms with Gasteiger partial charge in [-0.15, -0.1) is 0 Å². The van der Waals surface area contributed by atoms with Crippen molar-refractivity contribution in [3.63, 3.8) is 0 Å². The number of halogens is 1. The van der Waals surface area contributed by atoms with Gasteiger partial charge in [0, 0.05) is 42.4 Å². The quantitative estimate of drug-likeness (QED) is 0.696. The van der Waals surface area contributed by atoms with E-state index in [1.165, 1.54) is 0 Å². The largest absolute Gasteiger partial charge is 0.492 e. The van der Waals surface area contributed by atoms with Gasteiger partial charge in [0.1, 0.15) is 12.4 Å². The van der Waals surface area contributed by atoms with Crippen LogP contribution in [0.5, 0.6) is 5.75 Å². The van der Waals surface area contributed by atoms with E-state index < -0.39 is 0 Å². The third-order valence-electron chi connectivity index (χ3n) is 4.78. The molecule has 0 aliphatic carbocycles. The maximum Gasteiger partial charge on any atom is 0.321 e. The number of carbonyl (C=O) groups excluding carboxylic acids is 2. The minimum atomic E-state index is -0.218. The molecule has 0 bridgehead atoms. The summed E-state index contributed by atoms with van der Waals surface area (Å²) < 4.78 is 5.62. The number of rotatable bonds is 7. The molecule has 3 rings (SSSR count). The Bertz CT molecular complexity index is 840. The van der Waals surface area contributed by atoms with Crippen LogP contribution in [0.15, 0.2) is 48.5 Å². The maximum atomic E-state index is 12.4. The van der Waals surface area contributed by atoms with Crippen LogP contribution >= 0.6 is 23.4 Å². The molecule has 2 aromatic carbocycles. The summed E-state index contributed by atoms with van der Waals surface area (Å²) in [6.07, 6.45) is 0.390. The molecule has 1 fully saturated rings. The Kier molecular flexibility index (Phi) is 8.28. The average molecular weight is 448 g/mol. The van der Waals surface area contributed by atoms with Crippen LogP contribution in [0.25, 0.3) is 0 Å². The summed E-state index contributed by atoms with van der Waals surface area (Å²) >= 11 is 7.73. The van der Waals surface area contributed by atoms with Gasteiger partial charge in [-0.3, -0.25) is 4.79 Å². The first kappa shape index (κ1) is 22.3. The zero-order chi connectivity index (χ0) is 21.3. The summed E-state index contributed by atoms with van der Waals surface area (Å²) in [6, 6.07) is 14.3. The van der Waals surface area contributed by atoms with Gasteiger partial charge < -0.3 is 19.9 Å². The van der Waals surface area contributed by atoms with Crippen molar-refractivity contribution >= 4 is 41.0 Å². The van der Waals surface area contributed by atoms with Crippen LogP contribution < -0.4 is 10.1 Å². The zero-order valence-electron chi connectivity index (χ0n) is 17.0. The van der Waals surface area contributed by atoms with E-state index in [9.17, 15) is 9.59 Å². The molecule has 1 heterocycles. The first-order valence-electron chi connectivity index (χ1n) is 9.86. The van der Waals surface area contributed by atoms with Crippen molar-refractivity contribution in [1.82, 2.24) is 9.80 Å². The van der Waals surface area contributed by atoms with Gasteiger partial charge in [-0.25, -0.2) is 4.79 Å². The summed E-state index contributed by atoms with van der Waals surface area (Å²) in [7, 11) is 1.71. The molecule has 30 heavy (non-hydrogen) atoms.